The molecular weight excluding hydrogens is 414 g/mol. The normalized spacial score (nSPS) is 14.9. The number of amides is 2. The Hall–Kier alpha value is -3.80. The molecule has 0 aromatic heterocycles. The molecule has 6 nitrogen and oxygen atoms in total. The summed E-state index contributed by atoms with van der Waals surface area (Å²) in [6.07, 6.45) is 2.98. The quantitative estimate of drug-likeness (QED) is 0.595. The zero-order valence-electron chi connectivity index (χ0n) is 18.6. The van der Waals surface area contributed by atoms with Crippen molar-refractivity contribution in [3.63, 3.8) is 0 Å². The van der Waals surface area contributed by atoms with Crippen LogP contribution in [-0.4, -0.2) is 31.5 Å². The van der Waals surface area contributed by atoms with Gasteiger partial charge in [0.1, 0.15) is 5.75 Å². The maximum Gasteiger partial charge on any atom is 0.255 e. The molecule has 33 heavy (non-hydrogen) atoms. The summed E-state index contributed by atoms with van der Waals surface area (Å²) in [6, 6.07) is 21.3. The Morgan fingerprint density at radius 2 is 1.76 bits per heavy atom. The third-order valence-corrected chi connectivity index (χ3v) is 6.21. The SMILES string of the molecule is COc1cccc(C(=O)Nc2ccc(N3CCc4ccccc4C3)c(C(=O)NC3CC3)c2)c1. The van der Waals surface area contributed by atoms with Crippen molar-refractivity contribution >= 4 is 23.2 Å². The molecule has 1 fully saturated rings. The first-order valence-corrected chi connectivity index (χ1v) is 11.3. The van der Waals surface area contributed by atoms with E-state index in [2.05, 4.69) is 39.8 Å². The minimum atomic E-state index is -0.248. The van der Waals surface area contributed by atoms with Gasteiger partial charge in [0.2, 0.25) is 0 Å². The molecule has 5 rings (SSSR count). The first-order valence-electron chi connectivity index (χ1n) is 11.3. The zero-order valence-corrected chi connectivity index (χ0v) is 18.6. The Morgan fingerprint density at radius 1 is 0.939 bits per heavy atom. The van der Waals surface area contributed by atoms with E-state index in [1.807, 2.05) is 12.1 Å². The third-order valence-electron chi connectivity index (χ3n) is 6.21. The van der Waals surface area contributed by atoms with Crippen molar-refractivity contribution in [3.05, 3.63) is 89.0 Å². The number of hydrogen-bond acceptors (Lipinski definition) is 4. The fourth-order valence-corrected chi connectivity index (χ4v) is 4.23. The summed E-state index contributed by atoms with van der Waals surface area (Å²) in [5, 5.41) is 6.03. The topological polar surface area (TPSA) is 70.7 Å². The van der Waals surface area contributed by atoms with Crippen LogP contribution >= 0.6 is 0 Å². The fraction of sp³-hybridized carbons (Fsp3) is 0.259. The highest BCUT2D eigenvalue weighted by Gasteiger charge is 2.27. The second kappa shape index (κ2) is 8.98. The van der Waals surface area contributed by atoms with Gasteiger partial charge in [0.25, 0.3) is 11.8 Å². The molecule has 2 N–H and O–H groups in total. The molecular formula is C27H27N3O3. The van der Waals surface area contributed by atoms with Crippen LogP contribution in [0.1, 0.15) is 44.7 Å². The number of ether oxygens (including phenoxy) is 1. The van der Waals surface area contributed by atoms with Gasteiger partial charge in [-0.25, -0.2) is 0 Å². The van der Waals surface area contributed by atoms with Crippen LogP contribution < -0.4 is 20.3 Å². The van der Waals surface area contributed by atoms with Crippen LogP contribution in [0.25, 0.3) is 0 Å². The zero-order chi connectivity index (χ0) is 22.8. The summed E-state index contributed by atoms with van der Waals surface area (Å²) < 4.78 is 5.22. The average molecular weight is 442 g/mol. The number of methoxy groups -OCH3 is 1. The van der Waals surface area contributed by atoms with Crippen LogP contribution in [0, 0.1) is 0 Å². The molecule has 168 valence electrons. The molecule has 1 aliphatic carbocycles. The van der Waals surface area contributed by atoms with Gasteiger partial charge in [-0.1, -0.05) is 30.3 Å². The van der Waals surface area contributed by atoms with Gasteiger partial charge in [0.05, 0.1) is 12.7 Å². The maximum atomic E-state index is 13.1. The number of anilines is 2. The lowest BCUT2D eigenvalue weighted by Crippen LogP contribution is -2.33. The smallest absolute Gasteiger partial charge is 0.255 e. The lowest BCUT2D eigenvalue weighted by atomic mass is 9.98. The largest absolute Gasteiger partial charge is 0.497 e. The predicted molar refractivity (Wildman–Crippen MR) is 129 cm³/mol. The highest BCUT2D eigenvalue weighted by atomic mass is 16.5. The second-order valence-corrected chi connectivity index (χ2v) is 8.61. The van der Waals surface area contributed by atoms with E-state index >= 15 is 0 Å². The molecule has 1 aliphatic heterocycles. The lowest BCUT2D eigenvalue weighted by molar-refractivity contribution is 0.0950. The lowest BCUT2D eigenvalue weighted by Gasteiger charge is -2.32. The van der Waals surface area contributed by atoms with E-state index < -0.39 is 0 Å². The molecule has 2 amide bonds. The molecule has 0 unspecified atom stereocenters. The van der Waals surface area contributed by atoms with E-state index in [-0.39, 0.29) is 17.9 Å². The Kier molecular flexibility index (Phi) is 5.73. The van der Waals surface area contributed by atoms with E-state index in [0.717, 1.165) is 38.0 Å². The van der Waals surface area contributed by atoms with Gasteiger partial charge in [-0.2, -0.15) is 0 Å². The maximum absolute atomic E-state index is 13.1. The van der Waals surface area contributed by atoms with Gasteiger partial charge in [-0.05, 0) is 66.8 Å². The number of rotatable bonds is 6. The minimum absolute atomic E-state index is 0.0937. The van der Waals surface area contributed by atoms with Crippen LogP contribution in [-0.2, 0) is 13.0 Å². The van der Waals surface area contributed by atoms with Crippen molar-refractivity contribution in [1.29, 1.82) is 0 Å². The molecule has 0 saturated heterocycles. The molecule has 0 atom stereocenters. The Bertz CT molecular complexity index is 1200. The van der Waals surface area contributed by atoms with Crippen molar-refractivity contribution in [1.82, 2.24) is 5.32 Å². The molecule has 0 bridgehead atoms. The van der Waals surface area contributed by atoms with Crippen molar-refractivity contribution in [2.24, 2.45) is 0 Å². The van der Waals surface area contributed by atoms with Crippen molar-refractivity contribution in [2.45, 2.75) is 31.8 Å². The third kappa shape index (κ3) is 4.70. The second-order valence-electron chi connectivity index (χ2n) is 8.61. The number of benzene rings is 3. The Morgan fingerprint density at radius 3 is 2.55 bits per heavy atom. The number of carbonyl (C=O) groups excluding carboxylic acids is 2. The average Bonchev–Trinajstić information content (AvgIpc) is 3.67. The number of carbonyl (C=O) groups is 2. The summed E-state index contributed by atoms with van der Waals surface area (Å²) in [7, 11) is 1.57. The molecule has 3 aromatic rings. The number of fused-ring (bicyclic) bond motifs is 1. The first-order chi connectivity index (χ1) is 16.1. The van der Waals surface area contributed by atoms with Gasteiger partial charge in [0, 0.05) is 36.1 Å². The molecule has 6 heteroatoms. The summed E-state index contributed by atoms with van der Waals surface area (Å²) in [6.45, 7) is 1.60. The standard InChI is InChI=1S/C27H27N3O3/c1-33-23-8-4-7-19(15-23)26(31)29-22-11-12-25(24(16-22)27(32)28-21-9-10-21)30-14-13-18-5-2-3-6-20(18)17-30/h2-8,11-12,15-16,21H,9-10,13-14,17H2,1H3,(H,28,32)(H,29,31). The van der Waals surface area contributed by atoms with Crippen molar-refractivity contribution in [2.75, 3.05) is 23.9 Å². The van der Waals surface area contributed by atoms with Crippen molar-refractivity contribution < 1.29 is 14.3 Å². The number of hydrogen-bond donors (Lipinski definition) is 2. The highest BCUT2D eigenvalue weighted by molar-refractivity contribution is 6.06. The summed E-state index contributed by atoms with van der Waals surface area (Å²) in [5.41, 5.74) is 5.21. The summed E-state index contributed by atoms with van der Waals surface area (Å²) in [5.74, 6) is 0.277. The molecule has 1 heterocycles. The van der Waals surface area contributed by atoms with E-state index in [9.17, 15) is 9.59 Å². The molecule has 3 aromatic carbocycles. The Labute approximate surface area is 193 Å². The molecule has 0 radical (unpaired) electrons. The first kappa shape index (κ1) is 21.1. The van der Waals surface area contributed by atoms with E-state index in [4.69, 9.17) is 4.74 Å². The monoisotopic (exact) mass is 441 g/mol. The van der Waals surface area contributed by atoms with Crippen LogP contribution in [0.3, 0.4) is 0 Å². The minimum Gasteiger partial charge on any atom is -0.497 e. The van der Waals surface area contributed by atoms with Gasteiger partial charge >= 0.3 is 0 Å². The van der Waals surface area contributed by atoms with Gasteiger partial charge in [-0.15, -0.1) is 0 Å². The van der Waals surface area contributed by atoms with Gasteiger partial charge in [-0.3, -0.25) is 9.59 Å². The molecule has 0 spiro atoms. The van der Waals surface area contributed by atoms with E-state index in [0.29, 0.717) is 22.6 Å². The highest BCUT2D eigenvalue weighted by Crippen LogP contribution is 2.31. The van der Waals surface area contributed by atoms with E-state index in [1.165, 1.54) is 11.1 Å². The van der Waals surface area contributed by atoms with Crippen LogP contribution in [0.2, 0.25) is 0 Å². The van der Waals surface area contributed by atoms with Crippen molar-refractivity contribution in [3.8, 4) is 5.75 Å². The van der Waals surface area contributed by atoms with E-state index in [1.54, 1.807) is 37.4 Å². The van der Waals surface area contributed by atoms with Crippen LogP contribution in [0.4, 0.5) is 11.4 Å². The van der Waals surface area contributed by atoms with Crippen LogP contribution in [0.15, 0.2) is 66.7 Å². The Balaban J connectivity index is 1.42. The van der Waals surface area contributed by atoms with Gasteiger partial charge < -0.3 is 20.3 Å². The van der Waals surface area contributed by atoms with Gasteiger partial charge in [0.15, 0.2) is 0 Å². The molecule has 1 saturated carbocycles. The number of nitrogens with one attached hydrogen (secondary N) is 2. The summed E-state index contributed by atoms with van der Waals surface area (Å²) >= 11 is 0. The predicted octanol–water partition coefficient (Wildman–Crippen LogP) is 4.40. The molecule has 2 aliphatic rings. The number of nitrogens with zero attached hydrogens (tertiary/aromatic N) is 1. The fourth-order valence-electron chi connectivity index (χ4n) is 4.23. The van der Waals surface area contributed by atoms with Crippen LogP contribution in [0.5, 0.6) is 5.75 Å². The summed E-state index contributed by atoms with van der Waals surface area (Å²) in [4.78, 5) is 28.2.